The monoisotopic (exact) mass is 370 g/mol. The number of benzene rings is 1. The van der Waals surface area contributed by atoms with Crippen molar-refractivity contribution in [1.29, 1.82) is 0 Å². The average molecular weight is 370 g/mol. The summed E-state index contributed by atoms with van der Waals surface area (Å²) in [5.74, 6) is -0.0854. The fourth-order valence-electron chi connectivity index (χ4n) is 3.00. The molecule has 7 nitrogen and oxygen atoms in total. The number of hydrogen-bond acceptors (Lipinski definition) is 4. The molecule has 4 rings (SSSR count). The summed E-state index contributed by atoms with van der Waals surface area (Å²) in [7, 11) is 0. The lowest BCUT2D eigenvalue weighted by atomic mass is 10.1. The maximum Gasteiger partial charge on any atom is 0.274 e. The van der Waals surface area contributed by atoms with Gasteiger partial charge in [-0.3, -0.25) is 14.7 Å². The summed E-state index contributed by atoms with van der Waals surface area (Å²) in [5, 5.41) is 10.2. The van der Waals surface area contributed by atoms with Crippen LogP contribution >= 0.6 is 0 Å². The van der Waals surface area contributed by atoms with Crippen LogP contribution in [0.25, 0.3) is 10.9 Å². The van der Waals surface area contributed by atoms with Crippen molar-refractivity contribution in [3.8, 4) is 5.75 Å². The Kier molecular flexibility index (Phi) is 4.18. The molecule has 2 N–H and O–H groups in total. The molecule has 0 bridgehead atoms. The molecule has 1 amide bonds. The third-order valence-electron chi connectivity index (χ3n) is 4.41. The van der Waals surface area contributed by atoms with Gasteiger partial charge in [-0.15, -0.1) is 0 Å². The van der Waals surface area contributed by atoms with Crippen molar-refractivity contribution in [3.63, 3.8) is 0 Å². The molecule has 2 aromatic heterocycles. The Morgan fingerprint density at radius 3 is 2.93 bits per heavy atom. The standard InChI is InChI=1S/C19H19FN4O3/c1-10(2)27-17-8-15-11(9-21-23-15)6-12(17)18(25)22-14-4-3-5-24(19(14)26)16-7-13(16)20/h3-6,8-10,13,16H,7H2,1-2H3,(H,21,23)(H,22,25)/t13-,16+/m1/s1. The molecule has 2 atom stereocenters. The first-order chi connectivity index (χ1) is 12.9. The molecule has 27 heavy (non-hydrogen) atoms. The Hall–Kier alpha value is -3.16. The summed E-state index contributed by atoms with van der Waals surface area (Å²) in [5.41, 5.74) is 0.713. The van der Waals surface area contributed by atoms with Crippen LogP contribution < -0.4 is 15.6 Å². The van der Waals surface area contributed by atoms with Crippen LogP contribution in [0.4, 0.5) is 10.1 Å². The Morgan fingerprint density at radius 1 is 1.44 bits per heavy atom. The Labute approximate surface area is 154 Å². The highest BCUT2D eigenvalue weighted by Crippen LogP contribution is 2.37. The summed E-state index contributed by atoms with van der Waals surface area (Å²) in [4.78, 5) is 25.4. The molecule has 1 aromatic carbocycles. The minimum absolute atomic E-state index is 0.101. The van der Waals surface area contributed by atoms with E-state index in [0.29, 0.717) is 17.7 Å². The van der Waals surface area contributed by atoms with E-state index in [9.17, 15) is 14.0 Å². The number of hydrogen-bond donors (Lipinski definition) is 2. The number of alkyl halides is 1. The predicted octanol–water partition coefficient (Wildman–Crippen LogP) is 3.05. The first kappa shape index (κ1) is 17.3. The number of aromatic nitrogens is 3. The normalized spacial score (nSPS) is 18.7. The van der Waals surface area contributed by atoms with E-state index in [4.69, 9.17) is 4.74 Å². The van der Waals surface area contributed by atoms with Crippen molar-refractivity contribution in [2.75, 3.05) is 5.32 Å². The average Bonchev–Trinajstić information content (AvgIpc) is 3.15. The zero-order chi connectivity index (χ0) is 19.1. The second-order valence-corrected chi connectivity index (χ2v) is 6.88. The largest absolute Gasteiger partial charge is 0.490 e. The molecular formula is C19H19FN4O3. The van der Waals surface area contributed by atoms with Crippen LogP contribution in [-0.4, -0.2) is 32.9 Å². The van der Waals surface area contributed by atoms with Gasteiger partial charge in [-0.2, -0.15) is 5.10 Å². The van der Waals surface area contributed by atoms with E-state index in [1.165, 1.54) is 16.8 Å². The van der Waals surface area contributed by atoms with Crippen molar-refractivity contribution >= 4 is 22.5 Å². The van der Waals surface area contributed by atoms with Gasteiger partial charge in [0, 0.05) is 24.1 Å². The topological polar surface area (TPSA) is 89.0 Å². The number of carbonyl (C=O) groups excluding carboxylic acids is 1. The van der Waals surface area contributed by atoms with E-state index >= 15 is 0 Å². The van der Waals surface area contributed by atoms with E-state index in [1.807, 2.05) is 13.8 Å². The van der Waals surface area contributed by atoms with Crippen LogP contribution in [0.1, 0.15) is 36.7 Å². The van der Waals surface area contributed by atoms with Crippen LogP contribution in [0.15, 0.2) is 41.5 Å². The second-order valence-electron chi connectivity index (χ2n) is 6.88. The van der Waals surface area contributed by atoms with Gasteiger partial charge in [0.1, 0.15) is 17.6 Å². The first-order valence-electron chi connectivity index (χ1n) is 8.74. The summed E-state index contributed by atoms with van der Waals surface area (Å²) in [6, 6.07) is 6.04. The number of anilines is 1. The van der Waals surface area contributed by atoms with Crippen molar-refractivity contribution in [3.05, 3.63) is 52.6 Å². The summed E-state index contributed by atoms with van der Waals surface area (Å²) in [6.07, 6.45) is 2.31. The van der Waals surface area contributed by atoms with Crippen LogP contribution in [-0.2, 0) is 0 Å². The second kappa shape index (κ2) is 6.53. The van der Waals surface area contributed by atoms with Gasteiger partial charge in [0.05, 0.1) is 29.4 Å². The van der Waals surface area contributed by atoms with Crippen molar-refractivity contribution < 1.29 is 13.9 Å². The van der Waals surface area contributed by atoms with Gasteiger partial charge in [0.25, 0.3) is 11.5 Å². The molecule has 1 aliphatic rings. The number of rotatable bonds is 5. The number of fused-ring (bicyclic) bond motifs is 1. The Balaban J connectivity index is 1.68. The lowest BCUT2D eigenvalue weighted by Crippen LogP contribution is -2.26. The van der Waals surface area contributed by atoms with Crippen LogP contribution in [0, 0.1) is 0 Å². The SMILES string of the molecule is CC(C)Oc1cc2[nH]ncc2cc1C(=O)Nc1cccn([C@H]2C[C@H]2F)c1=O. The molecule has 140 valence electrons. The van der Waals surface area contributed by atoms with Gasteiger partial charge >= 0.3 is 0 Å². The van der Waals surface area contributed by atoms with Gasteiger partial charge < -0.3 is 14.6 Å². The third-order valence-corrected chi connectivity index (χ3v) is 4.41. The number of ether oxygens (including phenoxy) is 1. The minimum atomic E-state index is -1.01. The molecule has 8 heteroatoms. The molecule has 0 saturated heterocycles. The summed E-state index contributed by atoms with van der Waals surface area (Å²) < 4.78 is 20.4. The molecule has 2 heterocycles. The van der Waals surface area contributed by atoms with E-state index < -0.39 is 23.7 Å². The molecule has 1 saturated carbocycles. The summed E-state index contributed by atoms with van der Waals surface area (Å²) >= 11 is 0. The summed E-state index contributed by atoms with van der Waals surface area (Å²) in [6.45, 7) is 3.72. The fourth-order valence-corrected chi connectivity index (χ4v) is 3.00. The lowest BCUT2D eigenvalue weighted by Gasteiger charge is -2.15. The molecule has 0 spiro atoms. The molecule has 0 aliphatic heterocycles. The van der Waals surface area contributed by atoms with E-state index in [0.717, 1.165) is 10.9 Å². The molecule has 1 fully saturated rings. The number of nitrogens with zero attached hydrogens (tertiary/aromatic N) is 2. The van der Waals surface area contributed by atoms with Gasteiger partial charge in [0.2, 0.25) is 0 Å². The van der Waals surface area contributed by atoms with Crippen LogP contribution in [0.5, 0.6) is 5.75 Å². The van der Waals surface area contributed by atoms with Crippen molar-refractivity contribution in [1.82, 2.24) is 14.8 Å². The zero-order valence-corrected chi connectivity index (χ0v) is 14.9. The number of halogens is 1. The van der Waals surface area contributed by atoms with E-state index in [2.05, 4.69) is 15.5 Å². The fraction of sp³-hybridized carbons (Fsp3) is 0.316. The number of aromatic amines is 1. The number of H-pyrrole nitrogens is 1. The minimum Gasteiger partial charge on any atom is -0.490 e. The quantitative estimate of drug-likeness (QED) is 0.722. The van der Waals surface area contributed by atoms with Crippen molar-refractivity contribution in [2.45, 2.75) is 38.6 Å². The highest BCUT2D eigenvalue weighted by molar-refractivity contribution is 6.08. The zero-order valence-electron chi connectivity index (χ0n) is 14.9. The molecular weight excluding hydrogens is 351 g/mol. The number of pyridine rings is 1. The predicted molar refractivity (Wildman–Crippen MR) is 99.1 cm³/mol. The van der Waals surface area contributed by atoms with Crippen LogP contribution in [0.3, 0.4) is 0 Å². The third kappa shape index (κ3) is 3.30. The number of carbonyl (C=O) groups is 1. The van der Waals surface area contributed by atoms with E-state index in [1.54, 1.807) is 24.4 Å². The van der Waals surface area contributed by atoms with Crippen LogP contribution in [0.2, 0.25) is 0 Å². The smallest absolute Gasteiger partial charge is 0.274 e. The number of amides is 1. The lowest BCUT2D eigenvalue weighted by molar-refractivity contribution is 0.102. The Morgan fingerprint density at radius 2 is 2.22 bits per heavy atom. The van der Waals surface area contributed by atoms with E-state index in [-0.39, 0.29) is 11.8 Å². The van der Waals surface area contributed by atoms with Crippen molar-refractivity contribution in [2.24, 2.45) is 0 Å². The van der Waals surface area contributed by atoms with Gasteiger partial charge in [-0.05, 0) is 32.0 Å². The van der Waals surface area contributed by atoms with Gasteiger partial charge in [-0.1, -0.05) is 0 Å². The Bertz CT molecular complexity index is 1070. The maximum absolute atomic E-state index is 13.3. The molecule has 3 aromatic rings. The highest BCUT2D eigenvalue weighted by atomic mass is 19.1. The van der Waals surface area contributed by atoms with Gasteiger partial charge in [-0.25, -0.2) is 4.39 Å². The maximum atomic E-state index is 13.3. The first-order valence-corrected chi connectivity index (χ1v) is 8.74. The highest BCUT2D eigenvalue weighted by Gasteiger charge is 2.39. The molecule has 0 unspecified atom stereocenters. The van der Waals surface area contributed by atoms with Gasteiger partial charge in [0.15, 0.2) is 0 Å². The number of nitrogens with one attached hydrogen (secondary N) is 2. The molecule has 1 aliphatic carbocycles. The molecule has 0 radical (unpaired) electrons.